The summed E-state index contributed by atoms with van der Waals surface area (Å²) in [4.78, 5) is 0. The third kappa shape index (κ3) is 4.49. The first-order valence-electron chi connectivity index (χ1n) is 5.66. The van der Waals surface area contributed by atoms with Crippen LogP contribution in [0.5, 0.6) is 0 Å². The van der Waals surface area contributed by atoms with Crippen LogP contribution < -0.4 is 5.32 Å². The lowest BCUT2D eigenvalue weighted by molar-refractivity contribution is 0.102. The van der Waals surface area contributed by atoms with E-state index in [9.17, 15) is 0 Å². The molecule has 86 valence electrons. The van der Waals surface area contributed by atoms with E-state index in [1.807, 2.05) is 13.1 Å². The van der Waals surface area contributed by atoms with Gasteiger partial charge < -0.3 is 14.5 Å². The van der Waals surface area contributed by atoms with Gasteiger partial charge in [-0.2, -0.15) is 0 Å². The van der Waals surface area contributed by atoms with E-state index >= 15 is 0 Å². The van der Waals surface area contributed by atoms with Crippen molar-refractivity contribution in [2.45, 2.75) is 39.3 Å². The number of hydrogen-bond acceptors (Lipinski definition) is 3. The van der Waals surface area contributed by atoms with Crippen LogP contribution in [0.25, 0.3) is 0 Å². The van der Waals surface area contributed by atoms with E-state index in [0.717, 1.165) is 25.3 Å². The van der Waals surface area contributed by atoms with Crippen LogP contribution in [0.3, 0.4) is 0 Å². The summed E-state index contributed by atoms with van der Waals surface area (Å²) < 4.78 is 10.9. The van der Waals surface area contributed by atoms with E-state index < -0.39 is 0 Å². The Bertz CT molecular complexity index is 258. The molecule has 1 N–H and O–H groups in total. The van der Waals surface area contributed by atoms with Crippen molar-refractivity contribution in [1.29, 1.82) is 0 Å². The quantitative estimate of drug-likeness (QED) is 0.671. The van der Waals surface area contributed by atoms with Crippen molar-refractivity contribution in [3.8, 4) is 0 Å². The Morgan fingerprint density at radius 3 is 3.00 bits per heavy atom. The van der Waals surface area contributed by atoms with E-state index in [1.54, 1.807) is 6.26 Å². The van der Waals surface area contributed by atoms with E-state index in [4.69, 9.17) is 9.15 Å². The zero-order valence-corrected chi connectivity index (χ0v) is 9.71. The number of rotatable bonds is 8. The summed E-state index contributed by atoms with van der Waals surface area (Å²) in [5.41, 5.74) is 1.19. The zero-order valence-electron chi connectivity index (χ0n) is 9.71. The molecular weight excluding hydrogens is 190 g/mol. The van der Waals surface area contributed by atoms with Gasteiger partial charge in [-0.25, -0.2) is 0 Å². The Morgan fingerprint density at radius 1 is 1.40 bits per heavy atom. The predicted octanol–water partition coefficient (Wildman–Crippen LogP) is 2.71. The van der Waals surface area contributed by atoms with Crippen LogP contribution in [0.15, 0.2) is 16.7 Å². The van der Waals surface area contributed by atoms with E-state index in [-0.39, 0.29) is 0 Å². The second kappa shape index (κ2) is 7.49. The van der Waals surface area contributed by atoms with Gasteiger partial charge in [0.1, 0.15) is 12.4 Å². The van der Waals surface area contributed by atoms with Crippen LogP contribution in [0.4, 0.5) is 0 Å². The van der Waals surface area contributed by atoms with E-state index in [0.29, 0.717) is 6.61 Å². The highest BCUT2D eigenvalue weighted by molar-refractivity contribution is 5.15. The summed E-state index contributed by atoms with van der Waals surface area (Å²) in [5, 5.41) is 3.11. The first-order valence-corrected chi connectivity index (χ1v) is 5.66. The smallest absolute Gasteiger partial charge is 0.133 e. The predicted molar refractivity (Wildman–Crippen MR) is 60.7 cm³/mol. The molecule has 0 bridgehead atoms. The van der Waals surface area contributed by atoms with Gasteiger partial charge >= 0.3 is 0 Å². The fourth-order valence-electron chi connectivity index (χ4n) is 1.46. The van der Waals surface area contributed by atoms with Crippen LogP contribution in [-0.4, -0.2) is 13.7 Å². The van der Waals surface area contributed by atoms with Gasteiger partial charge in [0.2, 0.25) is 0 Å². The maximum atomic E-state index is 5.55. The zero-order chi connectivity index (χ0) is 10.9. The molecule has 0 fully saturated rings. The maximum absolute atomic E-state index is 5.55. The van der Waals surface area contributed by atoms with Gasteiger partial charge in [0.25, 0.3) is 0 Å². The normalized spacial score (nSPS) is 10.8. The summed E-state index contributed by atoms with van der Waals surface area (Å²) in [7, 11) is 1.93. The Kier molecular flexibility index (Phi) is 6.12. The topological polar surface area (TPSA) is 34.4 Å². The molecular formula is C12H21NO2. The molecule has 0 saturated heterocycles. The first kappa shape index (κ1) is 12.3. The van der Waals surface area contributed by atoms with Crippen molar-refractivity contribution >= 4 is 0 Å². The van der Waals surface area contributed by atoms with Crippen molar-refractivity contribution in [2.24, 2.45) is 0 Å². The molecule has 15 heavy (non-hydrogen) atoms. The minimum Gasteiger partial charge on any atom is -0.467 e. The molecule has 0 spiro atoms. The van der Waals surface area contributed by atoms with Crippen molar-refractivity contribution in [1.82, 2.24) is 5.32 Å². The molecule has 0 aliphatic rings. The van der Waals surface area contributed by atoms with Crippen LogP contribution >= 0.6 is 0 Å². The Morgan fingerprint density at radius 2 is 2.27 bits per heavy atom. The monoisotopic (exact) mass is 211 g/mol. The summed E-state index contributed by atoms with van der Waals surface area (Å²) >= 11 is 0. The fourth-order valence-corrected chi connectivity index (χ4v) is 1.46. The number of unbranched alkanes of at least 4 members (excludes halogenated alkanes) is 2. The second-order valence-electron chi connectivity index (χ2n) is 3.66. The maximum Gasteiger partial charge on any atom is 0.133 e. The van der Waals surface area contributed by atoms with E-state index in [1.165, 1.54) is 18.4 Å². The summed E-state index contributed by atoms with van der Waals surface area (Å²) in [6, 6.07) is 1.99. The van der Waals surface area contributed by atoms with Crippen LogP contribution in [-0.2, 0) is 17.9 Å². The summed E-state index contributed by atoms with van der Waals surface area (Å²) in [6.07, 6.45) is 5.33. The second-order valence-corrected chi connectivity index (χ2v) is 3.66. The van der Waals surface area contributed by atoms with Gasteiger partial charge in [0.15, 0.2) is 0 Å². The molecule has 0 aliphatic heterocycles. The highest BCUT2D eigenvalue weighted by atomic mass is 16.5. The third-order valence-electron chi connectivity index (χ3n) is 2.33. The Balaban J connectivity index is 2.21. The molecule has 3 nitrogen and oxygen atoms in total. The molecule has 1 heterocycles. The Hall–Kier alpha value is -0.800. The number of furan rings is 1. The van der Waals surface area contributed by atoms with Crippen molar-refractivity contribution in [3.63, 3.8) is 0 Å². The molecule has 1 rings (SSSR count). The van der Waals surface area contributed by atoms with Crippen LogP contribution in [0.2, 0.25) is 0 Å². The lowest BCUT2D eigenvalue weighted by Gasteiger charge is -2.03. The number of nitrogens with one attached hydrogen (secondary N) is 1. The molecule has 3 heteroatoms. The van der Waals surface area contributed by atoms with Gasteiger partial charge in [-0.1, -0.05) is 19.8 Å². The lowest BCUT2D eigenvalue weighted by Crippen LogP contribution is -2.06. The lowest BCUT2D eigenvalue weighted by atomic mass is 10.2. The SMILES string of the molecule is CCCCCOCc1occc1CNC. The highest BCUT2D eigenvalue weighted by Gasteiger charge is 2.04. The molecule has 0 aliphatic carbocycles. The van der Waals surface area contributed by atoms with Crippen LogP contribution in [0, 0.1) is 0 Å². The van der Waals surface area contributed by atoms with Gasteiger partial charge in [0.05, 0.1) is 6.26 Å². The standard InChI is InChI=1S/C12H21NO2/c1-3-4-5-7-14-10-12-11(9-13-2)6-8-15-12/h6,8,13H,3-5,7,9-10H2,1-2H3. The Labute approximate surface area is 91.8 Å². The molecule has 1 aromatic heterocycles. The largest absolute Gasteiger partial charge is 0.467 e. The molecule has 1 aromatic rings. The molecule has 0 saturated carbocycles. The number of hydrogen-bond donors (Lipinski definition) is 1. The molecule has 0 aromatic carbocycles. The van der Waals surface area contributed by atoms with Gasteiger partial charge in [-0.05, 0) is 19.5 Å². The number of ether oxygens (including phenoxy) is 1. The highest BCUT2D eigenvalue weighted by Crippen LogP contribution is 2.11. The third-order valence-corrected chi connectivity index (χ3v) is 2.33. The molecule has 0 unspecified atom stereocenters. The molecule has 0 radical (unpaired) electrons. The van der Waals surface area contributed by atoms with Gasteiger partial charge in [0, 0.05) is 18.7 Å². The average molecular weight is 211 g/mol. The fraction of sp³-hybridized carbons (Fsp3) is 0.667. The van der Waals surface area contributed by atoms with E-state index in [2.05, 4.69) is 12.2 Å². The minimum absolute atomic E-state index is 0.591. The van der Waals surface area contributed by atoms with Crippen LogP contribution in [0.1, 0.15) is 37.5 Å². The van der Waals surface area contributed by atoms with Crippen molar-refractivity contribution < 1.29 is 9.15 Å². The molecule has 0 amide bonds. The summed E-state index contributed by atoms with van der Waals surface area (Å²) in [6.45, 7) is 4.45. The first-order chi connectivity index (χ1) is 7.38. The molecule has 0 atom stereocenters. The summed E-state index contributed by atoms with van der Waals surface area (Å²) in [5.74, 6) is 0.945. The van der Waals surface area contributed by atoms with Gasteiger partial charge in [-0.15, -0.1) is 0 Å². The van der Waals surface area contributed by atoms with Crippen molar-refractivity contribution in [2.75, 3.05) is 13.7 Å². The van der Waals surface area contributed by atoms with Crippen molar-refractivity contribution in [3.05, 3.63) is 23.7 Å². The average Bonchev–Trinajstić information content (AvgIpc) is 2.66. The van der Waals surface area contributed by atoms with Gasteiger partial charge in [-0.3, -0.25) is 0 Å². The minimum atomic E-state index is 0.591.